The zero-order valence-corrected chi connectivity index (χ0v) is 14.0. The van der Waals surface area contributed by atoms with Crippen molar-refractivity contribution in [2.24, 2.45) is 0 Å². The van der Waals surface area contributed by atoms with Crippen LogP contribution < -0.4 is 9.64 Å². The number of rotatable bonds is 3. The van der Waals surface area contributed by atoms with Gasteiger partial charge in [-0.25, -0.2) is 9.59 Å². The van der Waals surface area contributed by atoms with Crippen LogP contribution in [0.15, 0.2) is 48.5 Å². The van der Waals surface area contributed by atoms with E-state index in [2.05, 4.69) is 4.90 Å². The van der Waals surface area contributed by atoms with Gasteiger partial charge in [0.2, 0.25) is 0 Å². The molecular weight excluding hydrogens is 320 g/mol. The molecule has 130 valence electrons. The van der Waals surface area contributed by atoms with Crippen LogP contribution in [0.1, 0.15) is 15.9 Å². The molecular formula is C19H20N2O4. The lowest BCUT2D eigenvalue weighted by molar-refractivity contribution is 0.0697. The molecule has 0 radical (unpaired) electrons. The van der Waals surface area contributed by atoms with Gasteiger partial charge in [0, 0.05) is 31.9 Å². The second-order valence-electron chi connectivity index (χ2n) is 6.01. The van der Waals surface area contributed by atoms with Gasteiger partial charge < -0.3 is 19.6 Å². The number of carbonyl (C=O) groups is 2. The van der Waals surface area contributed by atoms with Gasteiger partial charge in [0.1, 0.15) is 5.75 Å². The Balaban J connectivity index is 1.55. The van der Waals surface area contributed by atoms with Crippen molar-refractivity contribution < 1.29 is 19.4 Å². The van der Waals surface area contributed by atoms with Gasteiger partial charge in [-0.2, -0.15) is 0 Å². The lowest BCUT2D eigenvalue weighted by Gasteiger charge is -2.35. The highest BCUT2D eigenvalue weighted by atomic mass is 16.6. The summed E-state index contributed by atoms with van der Waals surface area (Å²) < 4.78 is 5.40. The Kier molecular flexibility index (Phi) is 4.88. The highest BCUT2D eigenvalue weighted by Crippen LogP contribution is 2.19. The standard InChI is InChI=1S/C19H20N2O4/c1-14-2-8-17(9-3-14)25-19(24)21-12-10-20(11-13-21)16-6-4-15(5-7-16)18(22)23/h2-9H,10-13H2,1H3,(H,22,23). The molecule has 1 aliphatic rings. The van der Waals surface area contributed by atoms with Crippen molar-refractivity contribution in [3.63, 3.8) is 0 Å². The Hall–Kier alpha value is -3.02. The average molecular weight is 340 g/mol. The number of hydrogen-bond donors (Lipinski definition) is 1. The molecule has 6 heteroatoms. The number of hydrogen-bond acceptors (Lipinski definition) is 4. The molecule has 1 N–H and O–H groups in total. The first-order chi connectivity index (χ1) is 12.0. The first-order valence-electron chi connectivity index (χ1n) is 8.14. The molecule has 3 rings (SSSR count). The molecule has 1 fully saturated rings. The number of carbonyl (C=O) groups excluding carboxylic acids is 1. The fourth-order valence-electron chi connectivity index (χ4n) is 2.73. The highest BCUT2D eigenvalue weighted by Gasteiger charge is 2.23. The fraction of sp³-hybridized carbons (Fsp3) is 0.263. The number of nitrogens with zero attached hydrogens (tertiary/aromatic N) is 2. The van der Waals surface area contributed by atoms with Crippen LogP contribution in [-0.4, -0.2) is 48.2 Å². The summed E-state index contributed by atoms with van der Waals surface area (Å²) in [6, 6.07) is 14.2. The second-order valence-corrected chi connectivity index (χ2v) is 6.01. The molecule has 0 aromatic heterocycles. The fourth-order valence-corrected chi connectivity index (χ4v) is 2.73. The number of carboxylic acids is 1. The van der Waals surface area contributed by atoms with Crippen molar-refractivity contribution >= 4 is 17.7 Å². The van der Waals surface area contributed by atoms with Gasteiger partial charge in [-0.15, -0.1) is 0 Å². The van der Waals surface area contributed by atoms with Gasteiger partial charge in [0.05, 0.1) is 5.56 Å². The molecule has 25 heavy (non-hydrogen) atoms. The van der Waals surface area contributed by atoms with E-state index in [-0.39, 0.29) is 11.7 Å². The third-order valence-electron chi connectivity index (χ3n) is 4.24. The Morgan fingerprint density at radius 1 is 0.920 bits per heavy atom. The summed E-state index contributed by atoms with van der Waals surface area (Å²) >= 11 is 0. The molecule has 1 amide bonds. The van der Waals surface area contributed by atoms with Crippen LogP contribution in [0.25, 0.3) is 0 Å². The maximum atomic E-state index is 12.2. The van der Waals surface area contributed by atoms with Gasteiger partial charge in [-0.1, -0.05) is 17.7 Å². The number of piperazine rings is 1. The second kappa shape index (κ2) is 7.25. The number of anilines is 1. The lowest BCUT2D eigenvalue weighted by atomic mass is 10.2. The van der Waals surface area contributed by atoms with E-state index in [9.17, 15) is 9.59 Å². The smallest absolute Gasteiger partial charge is 0.415 e. The topological polar surface area (TPSA) is 70.1 Å². The van der Waals surface area contributed by atoms with E-state index < -0.39 is 5.97 Å². The van der Waals surface area contributed by atoms with Crippen LogP contribution in [0.5, 0.6) is 5.75 Å². The highest BCUT2D eigenvalue weighted by molar-refractivity contribution is 5.88. The number of benzene rings is 2. The van der Waals surface area contributed by atoms with Crippen LogP contribution in [0.3, 0.4) is 0 Å². The molecule has 2 aromatic carbocycles. The van der Waals surface area contributed by atoms with Gasteiger partial charge in [-0.05, 0) is 43.3 Å². The van der Waals surface area contributed by atoms with Crippen LogP contribution in [0.2, 0.25) is 0 Å². The normalized spacial score (nSPS) is 14.3. The zero-order chi connectivity index (χ0) is 17.8. The largest absolute Gasteiger partial charge is 0.478 e. The maximum absolute atomic E-state index is 12.2. The van der Waals surface area contributed by atoms with Crippen molar-refractivity contribution in [3.8, 4) is 5.75 Å². The average Bonchev–Trinajstić information content (AvgIpc) is 2.64. The van der Waals surface area contributed by atoms with Crippen LogP contribution in [0, 0.1) is 6.92 Å². The van der Waals surface area contributed by atoms with Gasteiger partial charge in [0.15, 0.2) is 0 Å². The molecule has 6 nitrogen and oxygen atoms in total. The Morgan fingerprint density at radius 3 is 2.08 bits per heavy atom. The predicted molar refractivity (Wildman–Crippen MR) is 94.4 cm³/mol. The van der Waals surface area contributed by atoms with E-state index in [4.69, 9.17) is 9.84 Å². The van der Waals surface area contributed by atoms with Crippen LogP contribution in [-0.2, 0) is 0 Å². The van der Waals surface area contributed by atoms with Crippen molar-refractivity contribution in [1.82, 2.24) is 4.90 Å². The van der Waals surface area contributed by atoms with Crippen molar-refractivity contribution in [2.75, 3.05) is 31.1 Å². The predicted octanol–water partition coefficient (Wildman–Crippen LogP) is 3.01. The Morgan fingerprint density at radius 2 is 1.52 bits per heavy atom. The SMILES string of the molecule is Cc1ccc(OC(=O)N2CCN(c3ccc(C(=O)O)cc3)CC2)cc1. The van der Waals surface area contributed by atoms with E-state index in [1.54, 1.807) is 41.3 Å². The number of amides is 1. The summed E-state index contributed by atoms with van der Waals surface area (Å²) in [6.07, 6.45) is -0.343. The molecule has 0 spiro atoms. The summed E-state index contributed by atoms with van der Waals surface area (Å²) in [4.78, 5) is 26.9. The van der Waals surface area contributed by atoms with E-state index in [1.165, 1.54) is 0 Å². The van der Waals surface area contributed by atoms with E-state index in [0.717, 1.165) is 11.3 Å². The van der Waals surface area contributed by atoms with E-state index in [0.29, 0.717) is 31.9 Å². The minimum atomic E-state index is -0.935. The molecule has 2 aromatic rings. The Bertz CT molecular complexity index is 748. The summed E-state index contributed by atoms with van der Waals surface area (Å²) in [5.74, 6) is -0.391. The minimum Gasteiger partial charge on any atom is -0.478 e. The molecule has 1 aliphatic heterocycles. The molecule has 0 bridgehead atoms. The first kappa shape index (κ1) is 16.8. The van der Waals surface area contributed by atoms with Gasteiger partial charge in [-0.3, -0.25) is 0 Å². The van der Waals surface area contributed by atoms with Crippen molar-refractivity contribution in [3.05, 3.63) is 59.7 Å². The molecule has 0 aliphatic carbocycles. The quantitative estimate of drug-likeness (QED) is 0.930. The van der Waals surface area contributed by atoms with Crippen molar-refractivity contribution in [2.45, 2.75) is 6.92 Å². The third-order valence-corrected chi connectivity index (χ3v) is 4.24. The van der Waals surface area contributed by atoms with Gasteiger partial charge in [0.25, 0.3) is 0 Å². The summed E-state index contributed by atoms with van der Waals surface area (Å²) in [6.45, 7) is 4.45. The van der Waals surface area contributed by atoms with Crippen molar-refractivity contribution in [1.29, 1.82) is 0 Å². The van der Waals surface area contributed by atoms with Gasteiger partial charge >= 0.3 is 12.1 Å². The maximum Gasteiger partial charge on any atom is 0.415 e. The summed E-state index contributed by atoms with van der Waals surface area (Å²) in [5, 5.41) is 8.95. The third kappa shape index (κ3) is 4.09. The van der Waals surface area contributed by atoms with Crippen LogP contribution in [0.4, 0.5) is 10.5 Å². The monoisotopic (exact) mass is 340 g/mol. The Labute approximate surface area is 146 Å². The lowest BCUT2D eigenvalue weighted by Crippen LogP contribution is -2.49. The zero-order valence-electron chi connectivity index (χ0n) is 14.0. The first-order valence-corrected chi connectivity index (χ1v) is 8.14. The number of aromatic carboxylic acids is 1. The number of ether oxygens (including phenoxy) is 1. The summed E-state index contributed by atoms with van der Waals surface area (Å²) in [5.41, 5.74) is 2.34. The summed E-state index contributed by atoms with van der Waals surface area (Å²) in [7, 11) is 0. The van der Waals surface area contributed by atoms with E-state index in [1.807, 2.05) is 19.1 Å². The minimum absolute atomic E-state index is 0.268. The van der Waals surface area contributed by atoms with E-state index >= 15 is 0 Å². The number of aryl methyl sites for hydroxylation is 1. The number of carboxylic acid groups (broad SMARTS) is 1. The molecule has 0 unspecified atom stereocenters. The molecule has 0 saturated carbocycles. The molecule has 0 atom stereocenters. The molecule has 1 saturated heterocycles. The molecule has 1 heterocycles. The van der Waals surface area contributed by atoms with Crippen LogP contribution >= 0.6 is 0 Å².